The van der Waals surface area contributed by atoms with Crippen LogP contribution in [0.15, 0.2) is 0 Å². The summed E-state index contributed by atoms with van der Waals surface area (Å²) in [5.41, 5.74) is -0.0109. The molecule has 4 atom stereocenters. The van der Waals surface area contributed by atoms with Crippen molar-refractivity contribution in [2.24, 2.45) is 5.92 Å². The molecule has 2 heterocycles. The largest absolute Gasteiger partial charge is 0.375 e. The first-order valence-electron chi connectivity index (χ1n) is 6.05. The van der Waals surface area contributed by atoms with Crippen LogP contribution in [-0.4, -0.2) is 31.2 Å². The molecule has 3 rings (SSSR count). The summed E-state index contributed by atoms with van der Waals surface area (Å²) in [6.07, 6.45) is 6.18. The van der Waals surface area contributed by atoms with Crippen LogP contribution < -0.4 is 0 Å². The first-order chi connectivity index (χ1) is 7.19. The minimum Gasteiger partial charge on any atom is -0.375 e. The maximum atomic E-state index is 6.27. The van der Waals surface area contributed by atoms with Crippen molar-refractivity contribution in [3.8, 4) is 0 Å². The lowest BCUT2D eigenvalue weighted by molar-refractivity contribution is -0.243. The van der Waals surface area contributed by atoms with Crippen LogP contribution in [0.4, 0.5) is 0 Å². The highest BCUT2D eigenvalue weighted by atomic mass is 16.7. The van der Waals surface area contributed by atoms with Crippen molar-refractivity contribution >= 4 is 0 Å². The van der Waals surface area contributed by atoms with Crippen molar-refractivity contribution in [2.45, 2.75) is 56.5 Å². The lowest BCUT2D eigenvalue weighted by Crippen LogP contribution is -2.45. The number of hydrogen-bond donors (Lipinski definition) is 0. The van der Waals surface area contributed by atoms with E-state index in [1.54, 1.807) is 7.11 Å². The molecule has 3 aliphatic rings. The van der Waals surface area contributed by atoms with Crippen molar-refractivity contribution < 1.29 is 14.2 Å². The first-order valence-corrected chi connectivity index (χ1v) is 6.05. The molecule has 2 saturated heterocycles. The Kier molecular flexibility index (Phi) is 2.14. The summed E-state index contributed by atoms with van der Waals surface area (Å²) in [7, 11) is 1.73. The second-order valence-electron chi connectivity index (χ2n) is 5.36. The van der Waals surface area contributed by atoms with E-state index in [-0.39, 0.29) is 11.7 Å². The van der Waals surface area contributed by atoms with E-state index >= 15 is 0 Å². The van der Waals surface area contributed by atoms with Gasteiger partial charge in [0.05, 0.1) is 12.7 Å². The molecule has 0 bridgehead atoms. The zero-order chi connectivity index (χ0) is 10.5. The number of rotatable bonds is 1. The molecule has 15 heavy (non-hydrogen) atoms. The quantitative estimate of drug-likeness (QED) is 0.666. The Morgan fingerprint density at radius 3 is 3.00 bits per heavy atom. The second-order valence-corrected chi connectivity index (χ2v) is 5.36. The highest BCUT2D eigenvalue weighted by Crippen LogP contribution is 2.54. The van der Waals surface area contributed by atoms with Gasteiger partial charge in [0.15, 0.2) is 5.79 Å². The maximum Gasteiger partial charge on any atom is 0.168 e. The zero-order valence-electron chi connectivity index (χ0n) is 9.62. The molecule has 0 N–H and O–H groups in total. The van der Waals surface area contributed by atoms with Crippen LogP contribution in [0.2, 0.25) is 0 Å². The van der Waals surface area contributed by atoms with Gasteiger partial charge in [0.1, 0.15) is 5.60 Å². The van der Waals surface area contributed by atoms with Crippen LogP contribution in [0.1, 0.15) is 39.0 Å². The standard InChI is InChI=1S/C12H20O3/c1-11(13-2)7-10-12(15-11)6-4-3-5-9(12)8-14-10/h9-10H,3-8H2,1-2H3/t9-,10-,11+,12?/m0/s1. The lowest BCUT2D eigenvalue weighted by Gasteiger charge is -2.38. The Bertz CT molecular complexity index is 266. The molecule has 3 heteroatoms. The van der Waals surface area contributed by atoms with Gasteiger partial charge in [0.2, 0.25) is 0 Å². The molecule has 0 aromatic heterocycles. The Labute approximate surface area is 91.1 Å². The molecule has 0 amide bonds. The molecule has 3 fully saturated rings. The molecular formula is C12H20O3. The second kappa shape index (κ2) is 3.19. The van der Waals surface area contributed by atoms with Gasteiger partial charge in [0.25, 0.3) is 0 Å². The third kappa shape index (κ3) is 1.30. The number of hydrogen-bond acceptors (Lipinski definition) is 3. The van der Waals surface area contributed by atoms with Gasteiger partial charge in [-0.05, 0) is 19.8 Å². The van der Waals surface area contributed by atoms with Gasteiger partial charge in [-0.3, -0.25) is 0 Å². The van der Waals surface area contributed by atoms with Crippen molar-refractivity contribution in [3.63, 3.8) is 0 Å². The van der Waals surface area contributed by atoms with Crippen LogP contribution >= 0.6 is 0 Å². The monoisotopic (exact) mass is 212 g/mol. The first kappa shape index (κ1) is 10.1. The van der Waals surface area contributed by atoms with E-state index < -0.39 is 5.79 Å². The van der Waals surface area contributed by atoms with Crippen LogP contribution in [0.3, 0.4) is 0 Å². The third-order valence-electron chi connectivity index (χ3n) is 4.50. The fourth-order valence-corrected chi connectivity index (χ4v) is 3.60. The molecule has 0 radical (unpaired) electrons. The summed E-state index contributed by atoms with van der Waals surface area (Å²) in [4.78, 5) is 0. The van der Waals surface area contributed by atoms with Crippen molar-refractivity contribution in [3.05, 3.63) is 0 Å². The SMILES string of the molecule is CO[C@@]1(C)C[C@@H]2OC[C@@H]3CCCCC32O1. The summed E-state index contributed by atoms with van der Waals surface area (Å²) in [6, 6.07) is 0. The summed E-state index contributed by atoms with van der Waals surface area (Å²) in [5.74, 6) is 0.189. The Morgan fingerprint density at radius 2 is 2.20 bits per heavy atom. The van der Waals surface area contributed by atoms with Gasteiger partial charge in [-0.1, -0.05) is 12.8 Å². The van der Waals surface area contributed by atoms with Crippen molar-refractivity contribution in [1.82, 2.24) is 0 Å². The third-order valence-corrected chi connectivity index (χ3v) is 4.50. The predicted molar refractivity (Wildman–Crippen MR) is 55.5 cm³/mol. The molecule has 2 aliphatic heterocycles. The zero-order valence-corrected chi connectivity index (χ0v) is 9.62. The molecule has 0 aromatic rings. The van der Waals surface area contributed by atoms with Gasteiger partial charge in [-0.2, -0.15) is 0 Å². The summed E-state index contributed by atoms with van der Waals surface area (Å²) in [6.45, 7) is 2.93. The minimum atomic E-state index is -0.416. The minimum absolute atomic E-state index is 0.0109. The summed E-state index contributed by atoms with van der Waals surface area (Å²) >= 11 is 0. The molecule has 86 valence electrons. The Balaban J connectivity index is 1.89. The molecule has 1 saturated carbocycles. The molecule has 3 nitrogen and oxygen atoms in total. The molecule has 1 unspecified atom stereocenters. The normalized spacial score (nSPS) is 54.0. The van der Waals surface area contributed by atoms with E-state index in [0.717, 1.165) is 19.4 Å². The molecule has 1 aliphatic carbocycles. The van der Waals surface area contributed by atoms with E-state index in [0.29, 0.717) is 5.92 Å². The van der Waals surface area contributed by atoms with Crippen LogP contribution in [0.25, 0.3) is 0 Å². The van der Waals surface area contributed by atoms with Gasteiger partial charge in [0, 0.05) is 19.4 Å². The number of ether oxygens (including phenoxy) is 3. The van der Waals surface area contributed by atoms with E-state index in [9.17, 15) is 0 Å². The predicted octanol–water partition coefficient (Wildman–Crippen LogP) is 2.10. The van der Waals surface area contributed by atoms with Crippen LogP contribution in [0.5, 0.6) is 0 Å². The number of methoxy groups -OCH3 is 1. The van der Waals surface area contributed by atoms with Crippen LogP contribution in [-0.2, 0) is 14.2 Å². The van der Waals surface area contributed by atoms with Gasteiger partial charge in [-0.25, -0.2) is 0 Å². The smallest absolute Gasteiger partial charge is 0.168 e. The van der Waals surface area contributed by atoms with Gasteiger partial charge in [-0.15, -0.1) is 0 Å². The van der Waals surface area contributed by atoms with Crippen LogP contribution in [0, 0.1) is 5.92 Å². The van der Waals surface area contributed by atoms with Crippen molar-refractivity contribution in [2.75, 3.05) is 13.7 Å². The highest BCUT2D eigenvalue weighted by molar-refractivity contribution is 5.08. The molecule has 0 aromatic carbocycles. The van der Waals surface area contributed by atoms with Gasteiger partial charge >= 0.3 is 0 Å². The Hall–Kier alpha value is -0.120. The molecular weight excluding hydrogens is 192 g/mol. The van der Waals surface area contributed by atoms with Gasteiger partial charge < -0.3 is 14.2 Å². The topological polar surface area (TPSA) is 27.7 Å². The van der Waals surface area contributed by atoms with E-state index in [1.165, 1.54) is 19.3 Å². The Morgan fingerprint density at radius 1 is 1.33 bits per heavy atom. The highest BCUT2D eigenvalue weighted by Gasteiger charge is 2.62. The summed E-state index contributed by atoms with van der Waals surface area (Å²) in [5, 5.41) is 0. The maximum absolute atomic E-state index is 6.27. The van der Waals surface area contributed by atoms with E-state index in [2.05, 4.69) is 0 Å². The summed E-state index contributed by atoms with van der Waals surface area (Å²) < 4.78 is 17.6. The van der Waals surface area contributed by atoms with E-state index in [4.69, 9.17) is 14.2 Å². The average molecular weight is 212 g/mol. The fraction of sp³-hybridized carbons (Fsp3) is 1.00. The lowest BCUT2D eigenvalue weighted by atomic mass is 9.75. The average Bonchev–Trinajstić information content (AvgIpc) is 2.69. The fourth-order valence-electron chi connectivity index (χ4n) is 3.60. The molecule has 1 spiro atoms. The van der Waals surface area contributed by atoms with Crippen molar-refractivity contribution in [1.29, 1.82) is 0 Å². The van der Waals surface area contributed by atoms with E-state index in [1.807, 2.05) is 6.92 Å².